The Morgan fingerprint density at radius 2 is 1.19 bits per heavy atom. The van der Waals surface area contributed by atoms with Gasteiger partial charge in [0.1, 0.15) is 0 Å². The molecule has 0 atom stereocenters. The number of sulfone groups is 1. The summed E-state index contributed by atoms with van der Waals surface area (Å²) in [7, 11) is -3.77. The third-order valence-corrected chi connectivity index (χ3v) is 7.60. The number of aryl methyl sites for hydroxylation is 1. The van der Waals surface area contributed by atoms with Crippen LogP contribution in [0.3, 0.4) is 0 Å². The van der Waals surface area contributed by atoms with Crippen molar-refractivity contribution >= 4 is 42.4 Å². The summed E-state index contributed by atoms with van der Waals surface area (Å²) in [6.45, 7) is 1.95. The van der Waals surface area contributed by atoms with Gasteiger partial charge in [-0.25, -0.2) is 8.42 Å². The highest BCUT2D eigenvalue weighted by molar-refractivity contribution is 8.00. The first-order valence-corrected chi connectivity index (χ1v) is 12.0. The largest absolute Gasteiger partial charge is 0.218 e. The lowest BCUT2D eigenvalue weighted by Gasteiger charge is -2.14. The minimum absolute atomic E-state index is 0.294. The van der Waals surface area contributed by atoms with Gasteiger partial charge in [-0.05, 0) is 52.2 Å². The SMILES string of the molecule is Cc1ccc(S(=O)(=O)/C(=C/c2cccc3ccccc23)c2cccc3ccccc23)cc1. The zero-order valence-corrected chi connectivity index (χ0v) is 18.5. The van der Waals surface area contributed by atoms with E-state index in [1.807, 2.05) is 110 Å². The maximum absolute atomic E-state index is 14.0. The van der Waals surface area contributed by atoms with Crippen LogP contribution in [0.2, 0.25) is 0 Å². The van der Waals surface area contributed by atoms with Crippen LogP contribution in [-0.2, 0) is 9.84 Å². The van der Waals surface area contributed by atoms with Crippen LogP contribution in [0, 0.1) is 6.92 Å². The van der Waals surface area contributed by atoms with Crippen LogP contribution in [0.4, 0.5) is 0 Å². The van der Waals surface area contributed by atoms with Crippen LogP contribution in [0.5, 0.6) is 0 Å². The molecule has 0 aliphatic heterocycles. The van der Waals surface area contributed by atoms with Gasteiger partial charge in [0.2, 0.25) is 9.84 Å². The smallest absolute Gasteiger partial charge is 0.207 e. The van der Waals surface area contributed by atoms with Crippen molar-refractivity contribution in [3.8, 4) is 0 Å². The Morgan fingerprint density at radius 3 is 1.91 bits per heavy atom. The molecule has 0 amide bonds. The van der Waals surface area contributed by atoms with Crippen molar-refractivity contribution in [2.45, 2.75) is 11.8 Å². The number of benzene rings is 5. The topological polar surface area (TPSA) is 34.1 Å². The molecule has 0 aliphatic rings. The van der Waals surface area contributed by atoms with Crippen molar-refractivity contribution in [3.05, 3.63) is 126 Å². The summed E-state index contributed by atoms with van der Waals surface area (Å²) >= 11 is 0. The Kier molecular flexibility index (Phi) is 5.12. The first-order chi connectivity index (χ1) is 15.5. The molecule has 156 valence electrons. The van der Waals surface area contributed by atoms with Gasteiger partial charge in [-0.1, -0.05) is 103 Å². The Hall–Kier alpha value is -3.69. The average Bonchev–Trinajstić information content (AvgIpc) is 2.82. The zero-order valence-electron chi connectivity index (χ0n) is 17.7. The van der Waals surface area contributed by atoms with Crippen molar-refractivity contribution in [3.63, 3.8) is 0 Å². The molecule has 0 aliphatic carbocycles. The van der Waals surface area contributed by atoms with E-state index >= 15 is 0 Å². The Morgan fingerprint density at radius 1 is 0.625 bits per heavy atom. The lowest BCUT2D eigenvalue weighted by Crippen LogP contribution is -2.05. The quantitative estimate of drug-likeness (QED) is 0.279. The molecule has 0 fully saturated rings. The minimum Gasteiger partial charge on any atom is -0.218 e. The van der Waals surface area contributed by atoms with E-state index in [9.17, 15) is 8.42 Å². The normalized spacial score (nSPS) is 12.3. The summed E-state index contributed by atoms with van der Waals surface area (Å²) in [5.41, 5.74) is 2.60. The van der Waals surface area contributed by atoms with Gasteiger partial charge in [0.15, 0.2) is 0 Å². The molecule has 5 rings (SSSR count). The van der Waals surface area contributed by atoms with Crippen molar-refractivity contribution in [1.29, 1.82) is 0 Å². The summed E-state index contributed by atoms with van der Waals surface area (Å²) in [4.78, 5) is 0.594. The number of fused-ring (bicyclic) bond motifs is 2. The van der Waals surface area contributed by atoms with Crippen LogP contribution in [0.25, 0.3) is 32.5 Å². The summed E-state index contributed by atoms with van der Waals surface area (Å²) < 4.78 is 27.9. The van der Waals surface area contributed by atoms with Gasteiger partial charge in [0.05, 0.1) is 9.80 Å². The van der Waals surface area contributed by atoms with E-state index in [1.54, 1.807) is 12.1 Å². The van der Waals surface area contributed by atoms with E-state index in [4.69, 9.17) is 0 Å². The highest BCUT2D eigenvalue weighted by Gasteiger charge is 2.24. The second kappa shape index (κ2) is 8.10. The van der Waals surface area contributed by atoms with Crippen LogP contribution < -0.4 is 0 Å². The number of hydrogen-bond acceptors (Lipinski definition) is 2. The molecule has 0 bridgehead atoms. The highest BCUT2D eigenvalue weighted by Crippen LogP contribution is 2.35. The van der Waals surface area contributed by atoms with E-state index < -0.39 is 9.84 Å². The van der Waals surface area contributed by atoms with Crippen molar-refractivity contribution < 1.29 is 8.42 Å². The Bertz CT molecular complexity index is 1570. The van der Waals surface area contributed by atoms with E-state index in [1.165, 1.54) is 0 Å². The predicted molar refractivity (Wildman–Crippen MR) is 134 cm³/mol. The van der Waals surface area contributed by atoms with Crippen molar-refractivity contribution in [1.82, 2.24) is 0 Å². The summed E-state index contributed by atoms with van der Waals surface area (Å²) in [5.74, 6) is 0. The molecule has 0 heterocycles. The molecule has 0 radical (unpaired) electrons. The molecule has 2 nitrogen and oxygen atoms in total. The predicted octanol–water partition coefficient (Wildman–Crippen LogP) is 7.27. The summed E-state index contributed by atoms with van der Waals surface area (Å²) in [5, 5.41) is 4.02. The summed E-state index contributed by atoms with van der Waals surface area (Å²) in [6, 6.07) is 34.8. The van der Waals surface area contributed by atoms with Gasteiger partial charge < -0.3 is 0 Å². The fourth-order valence-electron chi connectivity index (χ4n) is 4.10. The molecular weight excluding hydrogens is 412 g/mol. The third kappa shape index (κ3) is 3.61. The molecule has 5 aromatic rings. The van der Waals surface area contributed by atoms with Gasteiger partial charge in [0.25, 0.3) is 0 Å². The van der Waals surface area contributed by atoms with Crippen LogP contribution >= 0.6 is 0 Å². The molecule has 0 saturated carbocycles. The van der Waals surface area contributed by atoms with Crippen molar-refractivity contribution in [2.24, 2.45) is 0 Å². The number of hydrogen-bond donors (Lipinski definition) is 0. The van der Waals surface area contributed by atoms with Gasteiger partial charge in [-0.3, -0.25) is 0 Å². The average molecular weight is 435 g/mol. The van der Waals surface area contributed by atoms with Gasteiger partial charge >= 0.3 is 0 Å². The lowest BCUT2D eigenvalue weighted by atomic mass is 10.0. The molecule has 0 aromatic heterocycles. The first-order valence-electron chi connectivity index (χ1n) is 10.5. The Balaban J connectivity index is 1.83. The highest BCUT2D eigenvalue weighted by atomic mass is 32.2. The zero-order chi connectivity index (χ0) is 22.1. The molecule has 5 aromatic carbocycles. The van der Waals surface area contributed by atoms with Gasteiger partial charge in [0, 0.05) is 5.56 Å². The monoisotopic (exact) mass is 434 g/mol. The second-order valence-corrected chi connectivity index (χ2v) is 9.84. The fraction of sp³-hybridized carbons (Fsp3) is 0.0345. The lowest BCUT2D eigenvalue weighted by molar-refractivity contribution is 0.606. The standard InChI is InChI=1S/C29H22O2S/c1-21-16-18-25(19-17-21)32(30,31)29(28-15-7-11-23-9-3-5-14-27(23)28)20-24-12-6-10-22-8-2-4-13-26(22)24/h2-20H,1H3/b29-20+. The maximum Gasteiger partial charge on any atom is 0.207 e. The van der Waals surface area contributed by atoms with E-state index in [2.05, 4.69) is 0 Å². The van der Waals surface area contributed by atoms with Gasteiger partial charge in [-0.2, -0.15) is 0 Å². The third-order valence-electron chi connectivity index (χ3n) is 5.79. The Labute approximate surface area is 188 Å². The molecule has 3 heteroatoms. The summed E-state index contributed by atoms with van der Waals surface area (Å²) in [6.07, 6.45) is 1.82. The molecule has 0 saturated heterocycles. The number of rotatable bonds is 4. The van der Waals surface area contributed by atoms with Crippen LogP contribution in [0.15, 0.2) is 114 Å². The molecule has 0 unspecified atom stereocenters. The van der Waals surface area contributed by atoms with E-state index in [0.717, 1.165) is 32.7 Å². The molecule has 32 heavy (non-hydrogen) atoms. The first kappa shape index (κ1) is 20.2. The molecular formula is C29H22O2S. The fourth-order valence-corrected chi connectivity index (χ4v) is 5.60. The van der Waals surface area contributed by atoms with Crippen LogP contribution in [-0.4, -0.2) is 8.42 Å². The van der Waals surface area contributed by atoms with Crippen LogP contribution in [0.1, 0.15) is 16.7 Å². The molecule has 0 spiro atoms. The van der Waals surface area contributed by atoms with Gasteiger partial charge in [-0.15, -0.1) is 0 Å². The van der Waals surface area contributed by atoms with Crippen molar-refractivity contribution in [2.75, 3.05) is 0 Å². The minimum atomic E-state index is -3.77. The van der Waals surface area contributed by atoms with E-state index in [0.29, 0.717) is 15.4 Å². The second-order valence-electron chi connectivity index (χ2n) is 7.92. The van der Waals surface area contributed by atoms with E-state index in [-0.39, 0.29) is 0 Å². The maximum atomic E-state index is 14.0. The molecule has 0 N–H and O–H groups in total.